The number of Topliss-reactive ketones (excluding diaryl/α,β-unsaturated/α-hetero) is 2. The second-order valence-corrected chi connectivity index (χ2v) is 7.38. The number of nitrogens with one attached hydrogen (secondary N) is 1. The van der Waals surface area contributed by atoms with Crippen molar-refractivity contribution in [2.45, 2.75) is 0 Å². The van der Waals surface area contributed by atoms with Gasteiger partial charge in [-0.2, -0.15) is 0 Å². The van der Waals surface area contributed by atoms with Gasteiger partial charge >= 0.3 is 0 Å². The van der Waals surface area contributed by atoms with Crippen molar-refractivity contribution in [1.82, 2.24) is 0 Å². The van der Waals surface area contributed by atoms with E-state index in [4.69, 9.17) is 4.74 Å². The van der Waals surface area contributed by atoms with Crippen LogP contribution in [0.15, 0.2) is 64.7 Å². The van der Waals surface area contributed by atoms with Crippen molar-refractivity contribution in [1.29, 1.82) is 0 Å². The molecule has 0 atom stereocenters. The minimum absolute atomic E-state index is 0.0113. The molecule has 4 rings (SSSR count). The van der Waals surface area contributed by atoms with Crippen LogP contribution in [0.4, 0.5) is 11.4 Å². The number of ether oxygens (including phenoxy) is 1. The molecule has 7 nitrogen and oxygen atoms in total. The summed E-state index contributed by atoms with van der Waals surface area (Å²) in [5.41, 5.74) is 0.215. The highest BCUT2D eigenvalue weighted by Gasteiger charge is 2.32. The topological polar surface area (TPSA) is 98.5 Å². The molecule has 27 heavy (non-hydrogen) atoms. The largest absolute Gasteiger partial charge is 0.448 e. The Morgan fingerprint density at radius 3 is 2.26 bits per heavy atom. The molecule has 0 unspecified atom stereocenters. The Bertz CT molecular complexity index is 1090. The number of thiophene rings is 2. The Labute approximate surface area is 160 Å². The van der Waals surface area contributed by atoms with Crippen LogP contribution >= 0.6 is 22.7 Å². The number of fused-ring (bicyclic) bond motifs is 1. The summed E-state index contributed by atoms with van der Waals surface area (Å²) in [6.07, 6.45) is 0. The van der Waals surface area contributed by atoms with Crippen LogP contribution in [0, 0.1) is 10.1 Å². The summed E-state index contributed by atoms with van der Waals surface area (Å²) in [6.45, 7) is 0. The fourth-order valence-electron chi connectivity index (χ4n) is 2.54. The van der Waals surface area contributed by atoms with Gasteiger partial charge in [0.2, 0.25) is 17.3 Å². The van der Waals surface area contributed by atoms with Crippen molar-refractivity contribution < 1.29 is 19.2 Å². The predicted molar refractivity (Wildman–Crippen MR) is 102 cm³/mol. The number of non-ortho nitro benzene ring substituents is 1. The molecule has 0 spiro atoms. The van der Waals surface area contributed by atoms with Crippen molar-refractivity contribution >= 4 is 45.6 Å². The third kappa shape index (κ3) is 3.14. The van der Waals surface area contributed by atoms with Gasteiger partial charge in [-0.15, -0.1) is 22.7 Å². The number of ketones is 2. The van der Waals surface area contributed by atoms with Crippen molar-refractivity contribution in [2.75, 3.05) is 5.32 Å². The molecule has 0 fully saturated rings. The predicted octanol–water partition coefficient (Wildman–Crippen LogP) is 4.50. The zero-order valence-corrected chi connectivity index (χ0v) is 15.1. The quantitative estimate of drug-likeness (QED) is 0.386. The zero-order chi connectivity index (χ0) is 19.0. The van der Waals surface area contributed by atoms with Crippen LogP contribution < -0.4 is 10.1 Å². The van der Waals surface area contributed by atoms with Gasteiger partial charge in [-0.05, 0) is 29.0 Å². The molecule has 134 valence electrons. The average Bonchev–Trinajstić information content (AvgIpc) is 3.39. The van der Waals surface area contributed by atoms with E-state index in [-0.39, 0.29) is 28.7 Å². The van der Waals surface area contributed by atoms with E-state index < -0.39 is 10.7 Å². The molecule has 9 heteroatoms. The number of rotatable bonds is 5. The van der Waals surface area contributed by atoms with Crippen LogP contribution in [0.1, 0.15) is 19.3 Å². The summed E-state index contributed by atoms with van der Waals surface area (Å²) in [5.74, 6) is -0.904. The molecule has 0 amide bonds. The number of anilines is 1. The number of nitro benzene ring substituents is 1. The van der Waals surface area contributed by atoms with Crippen molar-refractivity contribution in [2.24, 2.45) is 0 Å². The van der Waals surface area contributed by atoms with Gasteiger partial charge in [-0.3, -0.25) is 19.7 Å². The van der Waals surface area contributed by atoms with Crippen molar-refractivity contribution in [3.05, 3.63) is 84.5 Å². The molecule has 0 saturated heterocycles. The van der Waals surface area contributed by atoms with E-state index in [0.717, 1.165) is 0 Å². The van der Waals surface area contributed by atoms with Gasteiger partial charge in [0.25, 0.3) is 5.69 Å². The number of benzene rings is 1. The first kappa shape index (κ1) is 17.1. The number of carbonyl (C=O) groups excluding carboxylic acids is 2. The Hall–Kier alpha value is -3.30. The van der Waals surface area contributed by atoms with Gasteiger partial charge in [0, 0.05) is 6.07 Å². The van der Waals surface area contributed by atoms with Gasteiger partial charge in [0.15, 0.2) is 5.75 Å². The number of allylic oxidation sites excluding steroid dienone is 2. The van der Waals surface area contributed by atoms with Crippen LogP contribution in [0.25, 0.3) is 0 Å². The number of hydrogen-bond acceptors (Lipinski definition) is 8. The van der Waals surface area contributed by atoms with Gasteiger partial charge in [-0.25, -0.2) is 0 Å². The SMILES string of the molecule is O=C(C1=C(C(=O)c2cccs2)Oc2cc([N+](=O)[O-])ccc2N1)c1cccs1. The van der Waals surface area contributed by atoms with Crippen LogP contribution in [-0.4, -0.2) is 16.5 Å². The number of nitrogens with zero attached hydrogens (tertiary/aromatic N) is 1. The molecule has 0 bridgehead atoms. The summed E-state index contributed by atoms with van der Waals surface area (Å²) >= 11 is 2.46. The van der Waals surface area contributed by atoms with Gasteiger partial charge < -0.3 is 10.1 Å². The molecule has 1 aliphatic rings. The van der Waals surface area contributed by atoms with Gasteiger partial charge in [-0.1, -0.05) is 12.1 Å². The Kier molecular flexibility index (Phi) is 4.30. The Balaban J connectivity index is 1.81. The first-order chi connectivity index (χ1) is 13.0. The second-order valence-electron chi connectivity index (χ2n) is 5.48. The molecule has 0 saturated carbocycles. The lowest BCUT2D eigenvalue weighted by molar-refractivity contribution is -0.384. The van der Waals surface area contributed by atoms with Crippen LogP contribution in [0.2, 0.25) is 0 Å². The smallest absolute Gasteiger partial charge is 0.273 e. The monoisotopic (exact) mass is 398 g/mol. The highest BCUT2D eigenvalue weighted by molar-refractivity contribution is 7.12. The minimum Gasteiger partial charge on any atom is -0.448 e. The van der Waals surface area contributed by atoms with E-state index in [2.05, 4.69) is 5.32 Å². The molecule has 0 aliphatic carbocycles. The second kappa shape index (κ2) is 6.78. The highest BCUT2D eigenvalue weighted by Crippen LogP contribution is 2.37. The van der Waals surface area contributed by atoms with E-state index in [1.807, 2.05) is 0 Å². The average molecular weight is 398 g/mol. The zero-order valence-electron chi connectivity index (χ0n) is 13.5. The normalized spacial score (nSPS) is 12.7. The molecule has 2 aromatic heterocycles. The van der Waals surface area contributed by atoms with Crippen LogP contribution in [0.3, 0.4) is 0 Å². The maximum Gasteiger partial charge on any atom is 0.273 e. The minimum atomic E-state index is -0.555. The summed E-state index contributed by atoms with van der Waals surface area (Å²) in [7, 11) is 0. The van der Waals surface area contributed by atoms with E-state index in [9.17, 15) is 19.7 Å². The Morgan fingerprint density at radius 2 is 1.67 bits per heavy atom. The maximum absolute atomic E-state index is 12.9. The lowest BCUT2D eigenvalue weighted by Gasteiger charge is -2.23. The number of nitro groups is 1. The van der Waals surface area contributed by atoms with Crippen LogP contribution in [-0.2, 0) is 0 Å². The van der Waals surface area contributed by atoms with Gasteiger partial charge in [0.05, 0.1) is 26.4 Å². The fraction of sp³-hybridized carbons (Fsp3) is 0. The molecular weight excluding hydrogens is 388 g/mol. The molecular formula is C18H10N2O5S2. The molecule has 1 aromatic carbocycles. The number of carbonyl (C=O) groups is 2. The third-order valence-corrected chi connectivity index (χ3v) is 5.54. The number of hydrogen-bond donors (Lipinski definition) is 1. The van der Waals surface area contributed by atoms with Gasteiger partial charge in [0.1, 0.15) is 5.70 Å². The summed E-state index contributed by atoms with van der Waals surface area (Å²) in [4.78, 5) is 37.1. The Morgan fingerprint density at radius 1 is 1.00 bits per heavy atom. The third-order valence-electron chi connectivity index (χ3n) is 3.80. The molecule has 1 N–H and O–H groups in total. The molecule has 3 heterocycles. The first-order valence-electron chi connectivity index (χ1n) is 7.68. The summed E-state index contributed by atoms with van der Waals surface area (Å²) in [6, 6.07) is 10.7. The standard InChI is InChI=1S/C18H10N2O5S2/c21-16(13-3-1-7-26-13)15-18(17(22)14-4-2-8-27-14)25-12-9-10(20(23)24)5-6-11(12)19-15/h1-9,19H. The molecule has 0 radical (unpaired) electrons. The van der Waals surface area contributed by atoms with E-state index >= 15 is 0 Å². The molecule has 1 aliphatic heterocycles. The summed E-state index contributed by atoms with van der Waals surface area (Å²) < 4.78 is 5.69. The fourth-order valence-corrected chi connectivity index (χ4v) is 3.87. The summed E-state index contributed by atoms with van der Waals surface area (Å²) in [5, 5.41) is 17.4. The van der Waals surface area contributed by atoms with Crippen molar-refractivity contribution in [3.8, 4) is 5.75 Å². The highest BCUT2D eigenvalue weighted by atomic mass is 32.1. The van der Waals surface area contributed by atoms with E-state index in [1.165, 1.54) is 40.9 Å². The van der Waals surface area contributed by atoms with Crippen LogP contribution in [0.5, 0.6) is 5.75 Å². The lowest BCUT2D eigenvalue weighted by atomic mass is 10.1. The molecule has 3 aromatic rings. The van der Waals surface area contributed by atoms with Crippen molar-refractivity contribution in [3.63, 3.8) is 0 Å². The lowest BCUT2D eigenvalue weighted by Crippen LogP contribution is -2.25. The maximum atomic E-state index is 12.9. The van der Waals surface area contributed by atoms with E-state index in [0.29, 0.717) is 15.4 Å². The van der Waals surface area contributed by atoms with E-state index in [1.54, 1.807) is 35.0 Å². The first-order valence-corrected chi connectivity index (χ1v) is 9.44.